The molecule has 1 atom stereocenters. The Morgan fingerprint density at radius 2 is 1.94 bits per heavy atom. The summed E-state index contributed by atoms with van der Waals surface area (Å²) in [5.41, 5.74) is 1.47. The average molecular weight is 479 g/mol. The van der Waals surface area contributed by atoms with Crippen LogP contribution < -0.4 is 14.2 Å². The number of fused-ring (bicyclic) bond motifs is 1. The molecular weight excluding hydrogens is 454 g/mol. The average Bonchev–Trinajstić information content (AvgIpc) is 3.01. The molecule has 0 saturated carbocycles. The molecule has 0 N–H and O–H groups in total. The Hall–Kier alpha value is -4.18. The Labute approximate surface area is 202 Å². The minimum atomic E-state index is -0.594. The third-order valence-corrected chi connectivity index (χ3v) is 5.65. The van der Waals surface area contributed by atoms with Gasteiger partial charge in [0.25, 0.3) is 11.6 Å². The maximum absolute atomic E-state index is 13.6. The molecule has 0 saturated heterocycles. The van der Waals surface area contributed by atoms with E-state index in [2.05, 4.69) is 4.98 Å². The molecule has 0 aliphatic carbocycles. The number of amides is 1. The number of nitrogens with zero attached hydrogens (tertiary/aromatic N) is 3. The second kappa shape index (κ2) is 10.8. The van der Waals surface area contributed by atoms with Crippen LogP contribution in [0.5, 0.6) is 17.4 Å². The van der Waals surface area contributed by atoms with Crippen molar-refractivity contribution in [1.29, 1.82) is 0 Å². The first-order chi connectivity index (χ1) is 17.0. The van der Waals surface area contributed by atoms with Crippen molar-refractivity contribution in [3.05, 3.63) is 87.6 Å². The van der Waals surface area contributed by atoms with Crippen molar-refractivity contribution >= 4 is 11.6 Å². The maximum Gasteiger partial charge on any atom is 0.288 e. The molecule has 35 heavy (non-hydrogen) atoms. The number of benzene rings is 2. The molecule has 3 aromatic rings. The van der Waals surface area contributed by atoms with Gasteiger partial charge in [-0.1, -0.05) is 30.3 Å². The van der Waals surface area contributed by atoms with Crippen LogP contribution >= 0.6 is 0 Å². The predicted octanol–water partition coefficient (Wildman–Crippen LogP) is 3.63. The van der Waals surface area contributed by atoms with Gasteiger partial charge in [-0.3, -0.25) is 14.9 Å². The predicted molar refractivity (Wildman–Crippen MR) is 126 cm³/mol. The molecule has 2 aromatic carbocycles. The summed E-state index contributed by atoms with van der Waals surface area (Å²) < 4.78 is 22.5. The van der Waals surface area contributed by atoms with Gasteiger partial charge in [-0.15, -0.1) is 0 Å². The van der Waals surface area contributed by atoms with Gasteiger partial charge in [-0.2, -0.15) is 0 Å². The fraction of sp³-hybridized carbons (Fsp3) is 0.280. The van der Waals surface area contributed by atoms with Gasteiger partial charge < -0.3 is 23.8 Å². The summed E-state index contributed by atoms with van der Waals surface area (Å²) in [7, 11) is 3.09. The molecule has 0 radical (unpaired) electrons. The number of rotatable bonds is 9. The van der Waals surface area contributed by atoms with Crippen LogP contribution in [0.2, 0.25) is 0 Å². The zero-order valence-corrected chi connectivity index (χ0v) is 19.4. The highest BCUT2D eigenvalue weighted by Crippen LogP contribution is 2.31. The van der Waals surface area contributed by atoms with E-state index in [4.69, 9.17) is 18.9 Å². The number of aromatic nitrogens is 1. The molecule has 0 unspecified atom stereocenters. The van der Waals surface area contributed by atoms with Crippen molar-refractivity contribution in [3.63, 3.8) is 0 Å². The van der Waals surface area contributed by atoms with Gasteiger partial charge in [-0.05, 0) is 17.7 Å². The molecule has 0 spiro atoms. The van der Waals surface area contributed by atoms with Gasteiger partial charge in [0.2, 0.25) is 5.88 Å². The monoisotopic (exact) mass is 479 g/mol. The summed E-state index contributed by atoms with van der Waals surface area (Å²) in [6.45, 7) is 0.824. The zero-order chi connectivity index (χ0) is 24.8. The second-order valence-electron chi connectivity index (χ2n) is 7.88. The lowest BCUT2D eigenvalue weighted by molar-refractivity contribution is -0.385. The fourth-order valence-corrected chi connectivity index (χ4v) is 3.79. The number of carbonyl (C=O) groups excluding carboxylic acids is 1. The molecule has 1 aliphatic rings. The van der Waals surface area contributed by atoms with Crippen LogP contribution in [-0.4, -0.2) is 54.2 Å². The summed E-state index contributed by atoms with van der Waals surface area (Å²) in [5.74, 6) is 0.769. The van der Waals surface area contributed by atoms with E-state index in [1.165, 1.54) is 13.2 Å². The van der Waals surface area contributed by atoms with Crippen LogP contribution in [0.4, 0.5) is 5.69 Å². The molecule has 10 heteroatoms. The lowest BCUT2D eigenvalue weighted by atomic mass is 10.1. The van der Waals surface area contributed by atoms with E-state index in [0.717, 1.165) is 17.3 Å². The van der Waals surface area contributed by atoms with Crippen LogP contribution in [0.25, 0.3) is 0 Å². The van der Waals surface area contributed by atoms with Crippen LogP contribution in [0.15, 0.2) is 60.8 Å². The molecule has 4 rings (SSSR count). The third kappa shape index (κ3) is 5.49. The summed E-state index contributed by atoms with van der Waals surface area (Å²) in [6, 6.07) is 15.7. The van der Waals surface area contributed by atoms with Crippen LogP contribution in [0.1, 0.15) is 21.5 Å². The molecule has 182 valence electrons. The smallest absolute Gasteiger partial charge is 0.288 e. The van der Waals surface area contributed by atoms with Gasteiger partial charge in [0, 0.05) is 17.7 Å². The second-order valence-corrected chi connectivity index (χ2v) is 7.88. The Balaban J connectivity index is 1.64. The largest absolute Gasteiger partial charge is 0.497 e. The number of carbonyl (C=O) groups is 1. The molecular formula is C25H25N3O7. The highest BCUT2D eigenvalue weighted by molar-refractivity contribution is 5.97. The summed E-state index contributed by atoms with van der Waals surface area (Å²) >= 11 is 0. The van der Waals surface area contributed by atoms with Crippen molar-refractivity contribution in [2.75, 3.05) is 27.4 Å². The van der Waals surface area contributed by atoms with Crippen molar-refractivity contribution in [3.8, 4) is 17.4 Å². The lowest BCUT2D eigenvalue weighted by Crippen LogP contribution is -2.44. The van der Waals surface area contributed by atoms with E-state index in [9.17, 15) is 14.9 Å². The van der Waals surface area contributed by atoms with E-state index in [1.54, 1.807) is 24.1 Å². The number of pyridine rings is 1. The van der Waals surface area contributed by atoms with Gasteiger partial charge in [-0.25, -0.2) is 4.98 Å². The van der Waals surface area contributed by atoms with Gasteiger partial charge in [0.05, 0.1) is 44.9 Å². The van der Waals surface area contributed by atoms with Crippen molar-refractivity contribution in [2.45, 2.75) is 19.2 Å². The van der Waals surface area contributed by atoms with Crippen LogP contribution in [-0.2, 0) is 17.9 Å². The number of hydrogen-bond donors (Lipinski definition) is 0. The minimum absolute atomic E-state index is 0.0252. The molecule has 1 amide bonds. The molecule has 10 nitrogen and oxygen atoms in total. The van der Waals surface area contributed by atoms with Crippen LogP contribution in [0, 0.1) is 10.1 Å². The summed E-state index contributed by atoms with van der Waals surface area (Å²) in [5, 5.41) is 11.3. The Morgan fingerprint density at radius 1 is 1.14 bits per heavy atom. The highest BCUT2D eigenvalue weighted by Gasteiger charge is 2.34. The summed E-state index contributed by atoms with van der Waals surface area (Å²) in [4.78, 5) is 29.9. The molecule has 1 aromatic heterocycles. The maximum atomic E-state index is 13.6. The van der Waals surface area contributed by atoms with E-state index in [-0.39, 0.29) is 36.9 Å². The lowest BCUT2D eigenvalue weighted by Gasteiger charge is -2.29. The normalized spacial score (nSPS) is 15.1. The van der Waals surface area contributed by atoms with E-state index >= 15 is 0 Å². The van der Waals surface area contributed by atoms with Crippen molar-refractivity contribution < 1.29 is 28.7 Å². The standard InChI is InChI=1S/C25H25N3O7/c1-32-21-9-8-18(23(11-21)33-2)13-27-20(15-34-14-17-6-4-3-5-7-17)16-35-24-22(25(27)29)10-19(12-26-24)28(30)31/h3-12,20H,13-16H2,1-2H3/t20-/m0/s1. The van der Waals surface area contributed by atoms with Crippen molar-refractivity contribution in [1.82, 2.24) is 9.88 Å². The molecule has 1 aliphatic heterocycles. The van der Waals surface area contributed by atoms with Crippen molar-refractivity contribution in [2.24, 2.45) is 0 Å². The van der Waals surface area contributed by atoms with Gasteiger partial charge in [0.15, 0.2) is 0 Å². The number of methoxy groups -OCH3 is 2. The molecule has 0 bridgehead atoms. The number of hydrogen-bond acceptors (Lipinski definition) is 8. The first kappa shape index (κ1) is 24.0. The zero-order valence-electron chi connectivity index (χ0n) is 19.4. The number of nitro groups is 1. The topological polar surface area (TPSA) is 113 Å². The third-order valence-electron chi connectivity index (χ3n) is 5.65. The first-order valence-corrected chi connectivity index (χ1v) is 10.9. The molecule has 0 fully saturated rings. The molecule has 2 heterocycles. The van der Waals surface area contributed by atoms with Gasteiger partial charge >= 0.3 is 0 Å². The Bertz CT molecular complexity index is 1200. The van der Waals surface area contributed by atoms with Crippen LogP contribution in [0.3, 0.4) is 0 Å². The fourth-order valence-electron chi connectivity index (χ4n) is 3.79. The van der Waals surface area contributed by atoms with E-state index in [0.29, 0.717) is 18.1 Å². The minimum Gasteiger partial charge on any atom is -0.497 e. The Morgan fingerprint density at radius 3 is 2.66 bits per heavy atom. The first-order valence-electron chi connectivity index (χ1n) is 10.9. The van der Waals surface area contributed by atoms with E-state index < -0.39 is 16.9 Å². The number of ether oxygens (including phenoxy) is 4. The van der Waals surface area contributed by atoms with E-state index in [1.807, 2.05) is 36.4 Å². The quantitative estimate of drug-likeness (QED) is 0.338. The SMILES string of the molecule is COc1ccc(CN2C(=O)c3cc([N+](=O)[O-])cnc3OC[C@@H]2COCc2ccccc2)c(OC)c1. The summed E-state index contributed by atoms with van der Waals surface area (Å²) in [6.07, 6.45) is 1.08. The van der Waals surface area contributed by atoms with Gasteiger partial charge in [0.1, 0.15) is 29.9 Å². The Kier molecular flexibility index (Phi) is 7.41. The highest BCUT2D eigenvalue weighted by atomic mass is 16.6.